The molecule has 0 aliphatic carbocycles. The lowest BCUT2D eigenvalue weighted by molar-refractivity contribution is 0.00639. The maximum atomic E-state index is 9.74. The molecule has 1 aromatic carbocycles. The molecule has 0 radical (unpaired) electrons. The van der Waals surface area contributed by atoms with Crippen molar-refractivity contribution in [1.29, 1.82) is 0 Å². The van der Waals surface area contributed by atoms with Gasteiger partial charge in [-0.15, -0.1) is 11.3 Å². The number of benzene rings is 1. The summed E-state index contributed by atoms with van der Waals surface area (Å²) >= 11 is 1.63. The summed E-state index contributed by atoms with van der Waals surface area (Å²) in [5, 5.41) is 11.7. The van der Waals surface area contributed by atoms with Gasteiger partial charge in [0.05, 0.1) is 18.9 Å². The molecule has 0 bridgehead atoms. The number of thiophene rings is 1. The van der Waals surface area contributed by atoms with Crippen LogP contribution in [0.1, 0.15) is 4.88 Å². The number of anilines is 1. The van der Waals surface area contributed by atoms with E-state index in [1.807, 2.05) is 29.6 Å². The van der Waals surface area contributed by atoms with Crippen molar-refractivity contribution >= 4 is 17.0 Å². The molecule has 0 saturated carbocycles. The van der Waals surface area contributed by atoms with E-state index in [0.29, 0.717) is 18.0 Å². The minimum atomic E-state index is -0.667. The Bertz CT molecular complexity index is 487. The normalized spacial score (nSPS) is 12.3. The van der Waals surface area contributed by atoms with E-state index in [2.05, 4.69) is 0 Å². The summed E-state index contributed by atoms with van der Waals surface area (Å²) in [6, 6.07) is 11.2. The molecule has 0 fully saturated rings. The van der Waals surface area contributed by atoms with Crippen LogP contribution in [0.4, 0.5) is 5.69 Å². The van der Waals surface area contributed by atoms with Crippen molar-refractivity contribution in [1.82, 2.24) is 0 Å². The molecular formula is C14H17NO3S. The van der Waals surface area contributed by atoms with Gasteiger partial charge < -0.3 is 20.3 Å². The van der Waals surface area contributed by atoms with Gasteiger partial charge in [-0.3, -0.25) is 0 Å². The van der Waals surface area contributed by atoms with Crippen LogP contribution in [0.5, 0.6) is 5.75 Å². The second kappa shape index (κ2) is 7.13. The highest BCUT2D eigenvalue weighted by atomic mass is 32.1. The highest BCUT2D eigenvalue weighted by Gasteiger charge is 2.07. The highest BCUT2D eigenvalue weighted by molar-refractivity contribution is 7.09. The molecular weight excluding hydrogens is 262 g/mol. The van der Waals surface area contributed by atoms with Crippen molar-refractivity contribution in [3.8, 4) is 5.75 Å². The Hall–Kier alpha value is -1.56. The average molecular weight is 279 g/mol. The fourth-order valence-electron chi connectivity index (χ4n) is 1.54. The van der Waals surface area contributed by atoms with Gasteiger partial charge in [-0.05, 0) is 23.6 Å². The summed E-state index contributed by atoms with van der Waals surface area (Å²) in [4.78, 5) is 1.14. The van der Waals surface area contributed by atoms with Gasteiger partial charge in [0, 0.05) is 4.88 Å². The number of hydrogen-bond acceptors (Lipinski definition) is 5. The summed E-state index contributed by atoms with van der Waals surface area (Å²) < 4.78 is 10.8. The van der Waals surface area contributed by atoms with Gasteiger partial charge in [-0.1, -0.05) is 18.2 Å². The Morgan fingerprint density at radius 3 is 2.74 bits per heavy atom. The van der Waals surface area contributed by atoms with Crippen molar-refractivity contribution < 1.29 is 14.6 Å². The fraction of sp³-hybridized carbons (Fsp3) is 0.286. The number of nitrogen functional groups attached to an aromatic ring is 1. The Kier molecular flexibility index (Phi) is 5.20. The molecule has 2 rings (SSSR count). The van der Waals surface area contributed by atoms with Crippen molar-refractivity contribution in [2.24, 2.45) is 0 Å². The maximum Gasteiger partial charge on any atom is 0.142 e. The first kappa shape index (κ1) is 13.9. The lowest BCUT2D eigenvalue weighted by Gasteiger charge is -2.13. The van der Waals surface area contributed by atoms with E-state index in [1.165, 1.54) is 0 Å². The van der Waals surface area contributed by atoms with E-state index in [0.717, 1.165) is 4.88 Å². The van der Waals surface area contributed by atoms with E-state index < -0.39 is 6.10 Å². The summed E-state index contributed by atoms with van der Waals surface area (Å²) in [6.45, 7) is 0.922. The first-order chi connectivity index (χ1) is 9.25. The Balaban J connectivity index is 1.67. The lowest BCUT2D eigenvalue weighted by atomic mass is 10.3. The SMILES string of the molecule is Nc1ccccc1OCC(O)COCc1cccs1. The second-order valence-electron chi connectivity index (χ2n) is 4.10. The molecule has 0 spiro atoms. The van der Waals surface area contributed by atoms with Crippen molar-refractivity contribution in [3.63, 3.8) is 0 Å². The number of nitrogens with two attached hydrogens (primary N) is 1. The van der Waals surface area contributed by atoms with E-state index in [1.54, 1.807) is 23.5 Å². The van der Waals surface area contributed by atoms with Gasteiger partial charge in [0.2, 0.25) is 0 Å². The predicted molar refractivity (Wildman–Crippen MR) is 76.3 cm³/mol. The third-order valence-electron chi connectivity index (χ3n) is 2.48. The van der Waals surface area contributed by atoms with E-state index in [9.17, 15) is 5.11 Å². The van der Waals surface area contributed by atoms with Crippen LogP contribution in [0.2, 0.25) is 0 Å². The molecule has 1 aromatic heterocycles. The van der Waals surface area contributed by atoms with Crippen LogP contribution in [-0.2, 0) is 11.3 Å². The molecule has 2 aromatic rings. The van der Waals surface area contributed by atoms with Crippen LogP contribution in [-0.4, -0.2) is 24.4 Å². The van der Waals surface area contributed by atoms with Crippen LogP contribution in [0.25, 0.3) is 0 Å². The molecule has 5 heteroatoms. The number of hydrogen-bond donors (Lipinski definition) is 2. The first-order valence-electron chi connectivity index (χ1n) is 6.01. The molecule has 102 valence electrons. The van der Waals surface area contributed by atoms with Crippen molar-refractivity contribution in [3.05, 3.63) is 46.7 Å². The summed E-state index contributed by atoms with van der Waals surface area (Å²) in [6.07, 6.45) is -0.667. The molecule has 19 heavy (non-hydrogen) atoms. The van der Waals surface area contributed by atoms with E-state index in [4.69, 9.17) is 15.2 Å². The van der Waals surface area contributed by atoms with Crippen LogP contribution in [0.3, 0.4) is 0 Å². The standard InChI is InChI=1S/C14H17NO3S/c15-13-5-1-2-6-14(13)18-9-11(16)8-17-10-12-4-3-7-19-12/h1-7,11,16H,8-10,15H2. The Morgan fingerprint density at radius 2 is 2.00 bits per heavy atom. The number of ether oxygens (including phenoxy) is 2. The molecule has 3 N–H and O–H groups in total. The molecule has 0 amide bonds. The van der Waals surface area contributed by atoms with Gasteiger partial charge in [0.15, 0.2) is 0 Å². The molecule has 1 heterocycles. The van der Waals surface area contributed by atoms with Gasteiger partial charge in [-0.25, -0.2) is 0 Å². The van der Waals surface area contributed by atoms with Gasteiger partial charge in [0.25, 0.3) is 0 Å². The fourth-order valence-corrected chi connectivity index (χ4v) is 2.18. The maximum absolute atomic E-state index is 9.74. The van der Waals surface area contributed by atoms with E-state index in [-0.39, 0.29) is 13.2 Å². The molecule has 1 unspecified atom stereocenters. The summed E-state index contributed by atoms with van der Waals surface area (Å²) in [5.74, 6) is 0.583. The third-order valence-corrected chi connectivity index (χ3v) is 3.33. The topological polar surface area (TPSA) is 64.7 Å². The smallest absolute Gasteiger partial charge is 0.142 e. The zero-order valence-corrected chi connectivity index (χ0v) is 11.3. The zero-order valence-electron chi connectivity index (χ0n) is 10.5. The molecule has 0 aliphatic rings. The van der Waals surface area contributed by atoms with Crippen molar-refractivity contribution in [2.75, 3.05) is 18.9 Å². The van der Waals surface area contributed by atoms with Crippen LogP contribution in [0, 0.1) is 0 Å². The van der Waals surface area contributed by atoms with Crippen LogP contribution >= 0.6 is 11.3 Å². The minimum absolute atomic E-state index is 0.165. The van der Waals surface area contributed by atoms with Crippen molar-refractivity contribution in [2.45, 2.75) is 12.7 Å². The van der Waals surface area contributed by atoms with Crippen LogP contribution in [0.15, 0.2) is 41.8 Å². The number of aliphatic hydroxyl groups excluding tert-OH is 1. The second-order valence-corrected chi connectivity index (χ2v) is 5.13. The molecule has 1 atom stereocenters. The number of para-hydroxylation sites is 2. The molecule has 4 nitrogen and oxygen atoms in total. The predicted octanol–water partition coefficient (Wildman–Crippen LogP) is 2.29. The Morgan fingerprint density at radius 1 is 1.16 bits per heavy atom. The zero-order chi connectivity index (χ0) is 13.5. The third kappa shape index (κ3) is 4.55. The minimum Gasteiger partial charge on any atom is -0.489 e. The number of aliphatic hydroxyl groups is 1. The van der Waals surface area contributed by atoms with Gasteiger partial charge in [0.1, 0.15) is 18.5 Å². The molecule has 0 aliphatic heterocycles. The Labute approximate surface area is 116 Å². The average Bonchev–Trinajstić information content (AvgIpc) is 2.91. The summed E-state index contributed by atoms with van der Waals surface area (Å²) in [5.41, 5.74) is 6.30. The quantitative estimate of drug-likeness (QED) is 0.763. The first-order valence-corrected chi connectivity index (χ1v) is 6.89. The van der Waals surface area contributed by atoms with E-state index >= 15 is 0 Å². The summed E-state index contributed by atoms with van der Waals surface area (Å²) in [7, 11) is 0. The van der Waals surface area contributed by atoms with Crippen LogP contribution < -0.4 is 10.5 Å². The monoisotopic (exact) mass is 279 g/mol. The largest absolute Gasteiger partial charge is 0.489 e. The number of rotatable bonds is 7. The lowest BCUT2D eigenvalue weighted by Crippen LogP contribution is -2.23. The highest BCUT2D eigenvalue weighted by Crippen LogP contribution is 2.19. The van der Waals surface area contributed by atoms with Gasteiger partial charge >= 0.3 is 0 Å². The molecule has 0 saturated heterocycles. The van der Waals surface area contributed by atoms with Gasteiger partial charge in [-0.2, -0.15) is 0 Å².